The van der Waals surface area contributed by atoms with E-state index in [0.717, 1.165) is 5.70 Å². The van der Waals surface area contributed by atoms with Crippen LogP contribution in [0.5, 0.6) is 0 Å². The normalized spacial score (nSPS) is 20.2. The molecule has 0 bridgehead atoms. The highest BCUT2D eigenvalue weighted by Gasteiger charge is 2.20. The first-order valence-corrected chi connectivity index (χ1v) is 4.22. The van der Waals surface area contributed by atoms with Crippen molar-refractivity contribution in [3.63, 3.8) is 0 Å². The summed E-state index contributed by atoms with van der Waals surface area (Å²) in [6.07, 6.45) is 3.44. The Balaban J connectivity index is 2.90. The Bertz CT molecular complexity index is 282. The number of rotatable bonds is 1. The lowest BCUT2D eigenvalue weighted by Gasteiger charge is -2.14. The van der Waals surface area contributed by atoms with Gasteiger partial charge in [0.25, 0.3) is 5.91 Å². The lowest BCUT2D eigenvalue weighted by atomic mass is 9.95. The van der Waals surface area contributed by atoms with Crippen molar-refractivity contribution in [2.45, 2.75) is 20.8 Å². The second kappa shape index (κ2) is 3.24. The third kappa shape index (κ3) is 2.61. The van der Waals surface area contributed by atoms with Crippen molar-refractivity contribution in [1.29, 1.82) is 0 Å². The molecule has 3 nitrogen and oxygen atoms in total. The molecule has 0 atom stereocenters. The van der Waals surface area contributed by atoms with Crippen LogP contribution in [-0.2, 0) is 9.53 Å². The van der Waals surface area contributed by atoms with Gasteiger partial charge in [-0.3, -0.25) is 4.79 Å². The van der Waals surface area contributed by atoms with Gasteiger partial charge in [-0.05, 0) is 5.41 Å². The number of nitrogens with one attached hydrogen (secondary N) is 1. The van der Waals surface area contributed by atoms with Gasteiger partial charge in [-0.2, -0.15) is 0 Å². The summed E-state index contributed by atoms with van der Waals surface area (Å²) in [5, 5.41) is 2.72. The summed E-state index contributed by atoms with van der Waals surface area (Å²) >= 11 is 0. The Kier molecular flexibility index (Phi) is 2.45. The predicted molar refractivity (Wildman–Crippen MR) is 50.8 cm³/mol. The number of allylic oxidation sites excluding steroid dienone is 1. The lowest BCUT2D eigenvalue weighted by molar-refractivity contribution is -0.115. The summed E-state index contributed by atoms with van der Waals surface area (Å²) < 4.78 is 5.05. The number of carbonyl (C=O) groups is 1. The molecule has 0 spiro atoms. The fraction of sp³-hybridized carbons (Fsp3) is 0.500. The van der Waals surface area contributed by atoms with Gasteiger partial charge in [-0.15, -0.1) is 0 Å². The van der Waals surface area contributed by atoms with Crippen LogP contribution in [0.1, 0.15) is 20.8 Å². The molecule has 0 saturated carbocycles. The van der Waals surface area contributed by atoms with Gasteiger partial charge in [0.15, 0.2) is 0 Å². The van der Waals surface area contributed by atoms with Crippen molar-refractivity contribution in [1.82, 2.24) is 5.32 Å². The number of hydrogen-bond donors (Lipinski definition) is 1. The summed E-state index contributed by atoms with van der Waals surface area (Å²) in [4.78, 5) is 11.0. The molecule has 0 unspecified atom stereocenters. The van der Waals surface area contributed by atoms with Gasteiger partial charge in [0, 0.05) is 6.08 Å². The summed E-state index contributed by atoms with van der Waals surface area (Å²) in [6, 6.07) is 0. The molecule has 0 radical (unpaired) electrons. The van der Waals surface area contributed by atoms with E-state index in [-0.39, 0.29) is 11.3 Å². The Hall–Kier alpha value is -1.25. The largest absolute Gasteiger partial charge is 0.494 e. The molecule has 1 aliphatic heterocycles. The average molecular weight is 181 g/mol. The van der Waals surface area contributed by atoms with Crippen LogP contribution in [0.3, 0.4) is 0 Å². The van der Waals surface area contributed by atoms with Crippen LogP contribution < -0.4 is 5.32 Å². The van der Waals surface area contributed by atoms with Gasteiger partial charge in [0.1, 0.15) is 5.76 Å². The zero-order valence-electron chi connectivity index (χ0n) is 8.47. The number of ether oxygens (including phenoxy) is 1. The molecule has 0 saturated heterocycles. The zero-order chi connectivity index (χ0) is 10.1. The number of amides is 1. The Morgan fingerprint density at radius 3 is 2.54 bits per heavy atom. The molecule has 1 amide bonds. The van der Waals surface area contributed by atoms with E-state index in [2.05, 4.69) is 26.1 Å². The van der Waals surface area contributed by atoms with Crippen LogP contribution in [-0.4, -0.2) is 13.0 Å². The lowest BCUT2D eigenvalue weighted by Crippen LogP contribution is -2.16. The van der Waals surface area contributed by atoms with E-state index >= 15 is 0 Å². The molecule has 3 heteroatoms. The molecule has 0 aromatic carbocycles. The van der Waals surface area contributed by atoms with Crippen molar-refractivity contribution >= 4 is 5.91 Å². The van der Waals surface area contributed by atoms with Gasteiger partial charge >= 0.3 is 0 Å². The highest BCUT2D eigenvalue weighted by Crippen LogP contribution is 2.22. The number of methoxy groups -OCH3 is 1. The summed E-state index contributed by atoms with van der Waals surface area (Å²) in [5.74, 6) is 0.493. The van der Waals surface area contributed by atoms with Crippen molar-refractivity contribution in [3.8, 4) is 0 Å². The van der Waals surface area contributed by atoms with Crippen LogP contribution in [0, 0.1) is 5.41 Å². The van der Waals surface area contributed by atoms with Crippen molar-refractivity contribution < 1.29 is 9.53 Å². The minimum Gasteiger partial charge on any atom is -0.494 e. The van der Waals surface area contributed by atoms with E-state index < -0.39 is 0 Å². The summed E-state index contributed by atoms with van der Waals surface area (Å²) in [7, 11) is 1.56. The van der Waals surface area contributed by atoms with E-state index in [9.17, 15) is 4.79 Å². The van der Waals surface area contributed by atoms with Gasteiger partial charge in [0.05, 0.1) is 12.8 Å². The highest BCUT2D eigenvalue weighted by atomic mass is 16.5. The Labute approximate surface area is 78.5 Å². The summed E-state index contributed by atoms with van der Waals surface area (Å²) in [5.41, 5.74) is 0.796. The van der Waals surface area contributed by atoms with Gasteiger partial charge < -0.3 is 10.1 Å². The molecule has 0 fully saturated rings. The summed E-state index contributed by atoms with van der Waals surface area (Å²) in [6.45, 7) is 6.20. The minimum atomic E-state index is -0.118. The third-order valence-corrected chi connectivity index (χ3v) is 1.58. The first-order chi connectivity index (χ1) is 5.92. The third-order valence-electron chi connectivity index (χ3n) is 1.58. The van der Waals surface area contributed by atoms with Crippen LogP contribution in [0.2, 0.25) is 0 Å². The maximum Gasteiger partial charge on any atom is 0.252 e. The van der Waals surface area contributed by atoms with Gasteiger partial charge in [-0.1, -0.05) is 26.8 Å². The maximum absolute atomic E-state index is 11.0. The second-order valence-corrected chi connectivity index (χ2v) is 4.13. The SMILES string of the molecule is COC1=CC(=O)N/C1=C\C(C)(C)C. The second-order valence-electron chi connectivity index (χ2n) is 4.13. The number of carbonyl (C=O) groups excluding carboxylic acids is 1. The Morgan fingerprint density at radius 1 is 1.46 bits per heavy atom. The molecule has 72 valence electrons. The van der Waals surface area contributed by atoms with Gasteiger partial charge in [-0.25, -0.2) is 0 Å². The van der Waals surface area contributed by atoms with Crippen LogP contribution in [0.25, 0.3) is 0 Å². The molecule has 13 heavy (non-hydrogen) atoms. The van der Waals surface area contributed by atoms with Crippen LogP contribution in [0.15, 0.2) is 23.6 Å². The average Bonchev–Trinajstić information content (AvgIpc) is 2.27. The monoisotopic (exact) mass is 181 g/mol. The maximum atomic E-state index is 11.0. The standard InChI is InChI=1S/C10H15NO2/c1-10(2,3)6-7-8(13-4)5-9(12)11-7/h5-6H,1-4H3,(H,11,12)/b7-6-. The highest BCUT2D eigenvalue weighted by molar-refractivity contribution is 5.94. The van der Waals surface area contributed by atoms with Gasteiger partial charge in [0.2, 0.25) is 0 Å². The van der Waals surface area contributed by atoms with E-state index in [1.54, 1.807) is 7.11 Å². The van der Waals surface area contributed by atoms with E-state index in [1.165, 1.54) is 6.08 Å². The molecule has 0 aliphatic carbocycles. The number of hydrogen-bond acceptors (Lipinski definition) is 2. The molecule has 0 aromatic rings. The first kappa shape index (κ1) is 9.84. The topological polar surface area (TPSA) is 38.3 Å². The predicted octanol–water partition coefficient (Wildman–Crippen LogP) is 1.58. The van der Waals surface area contributed by atoms with Crippen LogP contribution in [0.4, 0.5) is 0 Å². The Morgan fingerprint density at radius 2 is 2.08 bits per heavy atom. The molecule has 1 heterocycles. The fourth-order valence-electron chi connectivity index (χ4n) is 1.14. The first-order valence-electron chi connectivity index (χ1n) is 4.22. The van der Waals surface area contributed by atoms with E-state index in [4.69, 9.17) is 4.74 Å². The fourth-order valence-corrected chi connectivity index (χ4v) is 1.14. The quantitative estimate of drug-likeness (QED) is 0.667. The van der Waals surface area contributed by atoms with Crippen molar-refractivity contribution in [3.05, 3.63) is 23.6 Å². The molecular weight excluding hydrogens is 166 g/mol. The van der Waals surface area contributed by atoms with Crippen molar-refractivity contribution in [2.24, 2.45) is 5.41 Å². The molecule has 1 N–H and O–H groups in total. The molecule has 1 aliphatic rings. The van der Waals surface area contributed by atoms with Crippen LogP contribution >= 0.6 is 0 Å². The zero-order valence-corrected chi connectivity index (χ0v) is 8.47. The molecule has 1 rings (SSSR count). The van der Waals surface area contributed by atoms with Crippen molar-refractivity contribution in [2.75, 3.05) is 7.11 Å². The smallest absolute Gasteiger partial charge is 0.252 e. The molecular formula is C10H15NO2. The minimum absolute atomic E-state index is 0.0323. The van der Waals surface area contributed by atoms with E-state index in [1.807, 2.05) is 6.08 Å². The van der Waals surface area contributed by atoms with E-state index in [0.29, 0.717) is 5.76 Å². The molecule has 0 aromatic heterocycles.